The molecule has 0 aliphatic heterocycles. The molecule has 3 aromatic rings. The number of carbonyl (C=O) groups is 1. The Hall–Kier alpha value is -2.40. The minimum Gasteiger partial charge on any atom is -0.353 e. The molecule has 0 fully saturated rings. The van der Waals surface area contributed by atoms with Crippen molar-refractivity contribution in [2.45, 2.75) is 38.6 Å². The normalized spacial score (nSPS) is 16.6. The van der Waals surface area contributed by atoms with Gasteiger partial charge in [-0.3, -0.25) is 4.79 Å². The number of carbonyl (C=O) groups excluding carboxylic acids is 1. The number of nitrogens with one attached hydrogen (secondary N) is 1. The monoisotopic (exact) mass is 354 g/mol. The van der Waals surface area contributed by atoms with E-state index < -0.39 is 0 Å². The summed E-state index contributed by atoms with van der Waals surface area (Å²) in [5.41, 5.74) is 5.07. The first kappa shape index (κ1) is 16.1. The maximum Gasteiger partial charge on any atom is 0.224 e. The van der Waals surface area contributed by atoms with Crippen LogP contribution in [0.3, 0.4) is 0 Å². The maximum atomic E-state index is 12.4. The molecule has 0 spiro atoms. The zero-order valence-electron chi connectivity index (χ0n) is 14.0. The second kappa shape index (κ2) is 6.48. The molecule has 4 rings (SSSR count). The van der Waals surface area contributed by atoms with Crippen LogP contribution in [-0.2, 0) is 24.1 Å². The first-order valence-corrected chi connectivity index (χ1v) is 8.84. The summed E-state index contributed by atoms with van der Waals surface area (Å²) < 4.78 is 1.94. The van der Waals surface area contributed by atoms with Crippen LogP contribution in [0.5, 0.6) is 0 Å². The van der Waals surface area contributed by atoms with Crippen molar-refractivity contribution in [3.05, 3.63) is 64.1 Å². The van der Waals surface area contributed by atoms with Crippen molar-refractivity contribution in [1.82, 2.24) is 19.9 Å². The van der Waals surface area contributed by atoms with Gasteiger partial charge in [0.25, 0.3) is 0 Å². The summed E-state index contributed by atoms with van der Waals surface area (Å²) in [4.78, 5) is 16.8. The molecule has 128 valence electrons. The average Bonchev–Trinajstić information content (AvgIpc) is 2.97. The Morgan fingerprint density at radius 3 is 3.08 bits per heavy atom. The standard InChI is InChI=1S/C19H19ClN4O/c1-12-8-18-21-11-14-9-15(6-7-17(14)24(18)23-12)22-19(25)10-13-4-2-3-5-16(13)20/h2-5,8,11,15H,6-7,9-10H2,1H3,(H,22,25). The summed E-state index contributed by atoms with van der Waals surface area (Å²) in [7, 11) is 0. The third kappa shape index (κ3) is 3.24. The number of hydrogen-bond acceptors (Lipinski definition) is 3. The van der Waals surface area contributed by atoms with Crippen molar-refractivity contribution in [2.24, 2.45) is 0 Å². The maximum absolute atomic E-state index is 12.4. The quantitative estimate of drug-likeness (QED) is 0.786. The lowest BCUT2D eigenvalue weighted by atomic mass is 9.92. The van der Waals surface area contributed by atoms with Gasteiger partial charge in [-0.25, -0.2) is 9.50 Å². The lowest BCUT2D eigenvalue weighted by Gasteiger charge is -2.25. The van der Waals surface area contributed by atoms with Crippen LogP contribution in [0.25, 0.3) is 5.65 Å². The first-order valence-electron chi connectivity index (χ1n) is 8.46. The molecule has 0 radical (unpaired) electrons. The highest BCUT2D eigenvalue weighted by atomic mass is 35.5. The second-order valence-electron chi connectivity index (χ2n) is 6.56. The Labute approximate surface area is 151 Å². The fourth-order valence-electron chi connectivity index (χ4n) is 3.46. The second-order valence-corrected chi connectivity index (χ2v) is 6.97. The number of fused-ring (bicyclic) bond motifs is 3. The van der Waals surface area contributed by atoms with E-state index in [2.05, 4.69) is 15.4 Å². The summed E-state index contributed by atoms with van der Waals surface area (Å²) >= 11 is 6.14. The van der Waals surface area contributed by atoms with Crippen LogP contribution < -0.4 is 5.32 Å². The molecule has 1 aromatic carbocycles. The van der Waals surface area contributed by atoms with Crippen LogP contribution in [0.15, 0.2) is 36.5 Å². The molecular weight excluding hydrogens is 336 g/mol. The fourth-order valence-corrected chi connectivity index (χ4v) is 3.67. The fraction of sp³-hybridized carbons (Fsp3) is 0.316. The van der Waals surface area contributed by atoms with Crippen LogP contribution in [-0.4, -0.2) is 26.5 Å². The number of hydrogen-bond donors (Lipinski definition) is 1. The van der Waals surface area contributed by atoms with Gasteiger partial charge in [0.1, 0.15) is 0 Å². The first-order chi connectivity index (χ1) is 12.1. The molecule has 1 N–H and O–H groups in total. The van der Waals surface area contributed by atoms with E-state index in [0.29, 0.717) is 11.4 Å². The lowest BCUT2D eigenvalue weighted by Crippen LogP contribution is -2.40. The summed E-state index contributed by atoms with van der Waals surface area (Å²) in [6.07, 6.45) is 4.79. The third-order valence-electron chi connectivity index (χ3n) is 4.66. The molecule has 1 aliphatic carbocycles. The van der Waals surface area contributed by atoms with Gasteiger partial charge in [0.15, 0.2) is 5.65 Å². The van der Waals surface area contributed by atoms with E-state index in [9.17, 15) is 4.79 Å². The van der Waals surface area contributed by atoms with E-state index in [4.69, 9.17) is 11.6 Å². The summed E-state index contributed by atoms with van der Waals surface area (Å²) in [6, 6.07) is 9.57. The van der Waals surface area contributed by atoms with E-state index in [1.807, 2.05) is 48.0 Å². The van der Waals surface area contributed by atoms with Crippen molar-refractivity contribution in [2.75, 3.05) is 0 Å². The number of aromatic nitrogens is 3. The molecule has 2 heterocycles. The minimum absolute atomic E-state index is 0.00511. The van der Waals surface area contributed by atoms with Gasteiger partial charge in [0, 0.05) is 29.0 Å². The largest absolute Gasteiger partial charge is 0.353 e. The van der Waals surface area contributed by atoms with Gasteiger partial charge >= 0.3 is 0 Å². The van der Waals surface area contributed by atoms with Crippen molar-refractivity contribution >= 4 is 23.2 Å². The molecule has 1 aliphatic rings. The SMILES string of the molecule is Cc1cc2ncc3c(n2n1)CCC(NC(=O)Cc1ccccc1Cl)C3. The molecule has 1 amide bonds. The van der Waals surface area contributed by atoms with Gasteiger partial charge in [-0.05, 0) is 43.4 Å². The molecule has 0 bridgehead atoms. The summed E-state index contributed by atoms with van der Waals surface area (Å²) in [5.74, 6) is 0.00511. The molecule has 1 atom stereocenters. The van der Waals surface area contributed by atoms with Gasteiger partial charge in [-0.2, -0.15) is 5.10 Å². The highest BCUT2D eigenvalue weighted by Gasteiger charge is 2.23. The molecule has 0 saturated heterocycles. The highest BCUT2D eigenvalue weighted by molar-refractivity contribution is 6.31. The predicted molar refractivity (Wildman–Crippen MR) is 96.8 cm³/mol. The van der Waals surface area contributed by atoms with Crippen molar-refractivity contribution in [3.63, 3.8) is 0 Å². The summed E-state index contributed by atoms with van der Waals surface area (Å²) in [5, 5.41) is 8.30. The smallest absolute Gasteiger partial charge is 0.224 e. The van der Waals surface area contributed by atoms with E-state index in [0.717, 1.165) is 41.7 Å². The molecule has 0 saturated carbocycles. The molecule has 6 heteroatoms. The average molecular weight is 355 g/mol. The highest BCUT2D eigenvalue weighted by Crippen LogP contribution is 2.22. The van der Waals surface area contributed by atoms with Gasteiger partial charge in [0.05, 0.1) is 12.1 Å². The minimum atomic E-state index is 0.00511. The number of benzene rings is 1. The number of aryl methyl sites for hydroxylation is 2. The van der Waals surface area contributed by atoms with Crippen molar-refractivity contribution in [3.8, 4) is 0 Å². The van der Waals surface area contributed by atoms with Gasteiger partial charge in [-0.1, -0.05) is 29.8 Å². The Balaban J connectivity index is 1.46. The Morgan fingerprint density at radius 1 is 1.40 bits per heavy atom. The van der Waals surface area contributed by atoms with Crippen LogP contribution >= 0.6 is 11.6 Å². The van der Waals surface area contributed by atoms with Crippen LogP contribution in [0.1, 0.15) is 28.9 Å². The van der Waals surface area contributed by atoms with Crippen molar-refractivity contribution < 1.29 is 4.79 Å². The molecule has 1 unspecified atom stereocenters. The Kier molecular flexibility index (Phi) is 4.17. The number of nitrogens with zero attached hydrogens (tertiary/aromatic N) is 3. The van der Waals surface area contributed by atoms with Gasteiger partial charge in [-0.15, -0.1) is 0 Å². The molecule has 2 aromatic heterocycles. The van der Waals surface area contributed by atoms with Crippen LogP contribution in [0.4, 0.5) is 0 Å². The molecule has 5 nitrogen and oxygen atoms in total. The van der Waals surface area contributed by atoms with Crippen LogP contribution in [0, 0.1) is 6.92 Å². The molecular formula is C19H19ClN4O. The van der Waals surface area contributed by atoms with Gasteiger partial charge in [0.2, 0.25) is 5.91 Å². The zero-order chi connectivity index (χ0) is 17.4. The lowest BCUT2D eigenvalue weighted by molar-refractivity contribution is -0.121. The number of amides is 1. The van der Waals surface area contributed by atoms with E-state index in [1.165, 1.54) is 5.69 Å². The number of halogens is 1. The van der Waals surface area contributed by atoms with E-state index in [1.54, 1.807) is 0 Å². The van der Waals surface area contributed by atoms with Crippen LogP contribution in [0.2, 0.25) is 5.02 Å². The Bertz CT molecular complexity index is 950. The van der Waals surface area contributed by atoms with E-state index in [-0.39, 0.29) is 11.9 Å². The van der Waals surface area contributed by atoms with Gasteiger partial charge < -0.3 is 5.32 Å². The molecule has 25 heavy (non-hydrogen) atoms. The predicted octanol–water partition coefficient (Wildman–Crippen LogP) is 2.91. The Morgan fingerprint density at radius 2 is 2.24 bits per heavy atom. The number of rotatable bonds is 3. The third-order valence-corrected chi connectivity index (χ3v) is 5.03. The topological polar surface area (TPSA) is 59.3 Å². The summed E-state index contributed by atoms with van der Waals surface area (Å²) in [6.45, 7) is 1.97. The van der Waals surface area contributed by atoms with E-state index >= 15 is 0 Å². The zero-order valence-corrected chi connectivity index (χ0v) is 14.8. The van der Waals surface area contributed by atoms with Crippen molar-refractivity contribution in [1.29, 1.82) is 0 Å².